The van der Waals surface area contributed by atoms with Crippen LogP contribution in [-0.4, -0.2) is 61.7 Å². The van der Waals surface area contributed by atoms with Crippen LogP contribution in [0.3, 0.4) is 0 Å². The van der Waals surface area contributed by atoms with Crippen LogP contribution in [0.1, 0.15) is 5.69 Å². The van der Waals surface area contributed by atoms with E-state index in [1.54, 1.807) is 18.3 Å². The van der Waals surface area contributed by atoms with E-state index >= 15 is 0 Å². The molecule has 1 saturated heterocycles. The summed E-state index contributed by atoms with van der Waals surface area (Å²) < 4.78 is 7.03. The van der Waals surface area contributed by atoms with Crippen molar-refractivity contribution in [2.75, 3.05) is 19.7 Å². The molecule has 1 aliphatic heterocycles. The summed E-state index contributed by atoms with van der Waals surface area (Å²) in [6, 6.07) is 3.50. The number of carbonyl (C=O) groups is 1. The molecule has 0 unspecified atom stereocenters. The van der Waals surface area contributed by atoms with Gasteiger partial charge in [-0.2, -0.15) is 0 Å². The largest absolute Gasteiger partial charge is 0.487 e. The van der Waals surface area contributed by atoms with E-state index in [9.17, 15) is 4.79 Å². The van der Waals surface area contributed by atoms with Crippen molar-refractivity contribution in [2.24, 2.45) is 5.92 Å². The lowest BCUT2D eigenvalue weighted by atomic mass is 9.95. The average Bonchev–Trinajstić information content (AvgIpc) is 2.81. The molecule has 8 heteroatoms. The fourth-order valence-electron chi connectivity index (χ4n) is 2.53. The van der Waals surface area contributed by atoms with Gasteiger partial charge in [-0.15, -0.1) is 0 Å². The molecule has 0 aliphatic carbocycles. The van der Waals surface area contributed by atoms with E-state index in [2.05, 4.69) is 4.98 Å². The molecule has 0 spiro atoms. The van der Waals surface area contributed by atoms with Crippen molar-refractivity contribution >= 4 is 11.7 Å². The lowest BCUT2D eigenvalue weighted by molar-refractivity contribution is -0.0681. The summed E-state index contributed by atoms with van der Waals surface area (Å²) in [5.41, 5.74) is 1.66. The van der Waals surface area contributed by atoms with Crippen molar-refractivity contribution in [3.63, 3.8) is 0 Å². The molecule has 118 valence electrons. The minimum Gasteiger partial charge on any atom is -0.487 e. The molecule has 2 aromatic rings. The Labute approximate surface area is 126 Å². The summed E-state index contributed by atoms with van der Waals surface area (Å²) in [4.78, 5) is 16.6. The van der Waals surface area contributed by atoms with Gasteiger partial charge in [0, 0.05) is 19.3 Å². The summed E-state index contributed by atoms with van der Waals surface area (Å²) >= 11 is 0. The molecule has 1 fully saturated rings. The topological polar surface area (TPSA) is 108 Å². The van der Waals surface area contributed by atoms with Crippen LogP contribution in [0.2, 0.25) is 0 Å². The van der Waals surface area contributed by atoms with E-state index in [0.717, 1.165) is 17.8 Å². The van der Waals surface area contributed by atoms with E-state index in [1.165, 1.54) is 4.90 Å². The number of fused-ring (bicyclic) bond motifs is 1. The van der Waals surface area contributed by atoms with Crippen LogP contribution in [0.25, 0.3) is 5.65 Å². The Bertz CT molecular complexity index is 678. The summed E-state index contributed by atoms with van der Waals surface area (Å²) in [5, 5.41) is 26.4. The number of hydrogen-bond donors (Lipinski definition) is 3. The number of aromatic nitrogens is 2. The third-order valence-corrected chi connectivity index (χ3v) is 3.60. The van der Waals surface area contributed by atoms with Gasteiger partial charge >= 0.3 is 6.09 Å². The van der Waals surface area contributed by atoms with Gasteiger partial charge in [0.25, 0.3) is 0 Å². The third-order valence-electron chi connectivity index (χ3n) is 3.60. The van der Waals surface area contributed by atoms with Gasteiger partial charge in [0.05, 0.1) is 11.9 Å². The maximum absolute atomic E-state index is 10.7. The second-order valence-corrected chi connectivity index (χ2v) is 5.41. The molecule has 22 heavy (non-hydrogen) atoms. The van der Waals surface area contributed by atoms with Gasteiger partial charge in [0.15, 0.2) is 6.29 Å². The Morgan fingerprint density at radius 1 is 1.36 bits per heavy atom. The molecule has 3 rings (SSSR count). The lowest BCUT2D eigenvalue weighted by Crippen LogP contribution is -2.50. The first-order valence-corrected chi connectivity index (χ1v) is 6.95. The Balaban J connectivity index is 1.64. The predicted octanol–water partition coefficient (Wildman–Crippen LogP) is 0.176. The monoisotopic (exact) mass is 307 g/mol. The predicted molar refractivity (Wildman–Crippen MR) is 75.7 cm³/mol. The maximum Gasteiger partial charge on any atom is 0.407 e. The number of hydrogen-bond acceptors (Lipinski definition) is 5. The van der Waals surface area contributed by atoms with Gasteiger partial charge in [-0.05, 0) is 24.5 Å². The molecule has 1 amide bonds. The zero-order valence-electron chi connectivity index (χ0n) is 11.8. The molecule has 2 aromatic heterocycles. The zero-order valence-corrected chi connectivity index (χ0v) is 11.8. The molecule has 0 bridgehead atoms. The van der Waals surface area contributed by atoms with Crippen molar-refractivity contribution in [1.29, 1.82) is 0 Å². The zero-order chi connectivity index (χ0) is 15.7. The number of likely N-dealkylation sites (tertiary alicyclic amines) is 1. The standard InChI is InChI=1S/C14H17N3O5/c18-13(19)8-22-11-1-2-12-15-10(6-16(12)7-11)3-9-4-17(5-9)14(20)21/h1-2,6-7,9,13,18-19H,3-5,8H2,(H,20,21). The summed E-state index contributed by atoms with van der Waals surface area (Å²) in [7, 11) is 0. The van der Waals surface area contributed by atoms with Gasteiger partial charge in [-0.3, -0.25) is 0 Å². The Kier molecular flexibility index (Phi) is 3.86. The van der Waals surface area contributed by atoms with Crippen LogP contribution in [0.4, 0.5) is 4.79 Å². The van der Waals surface area contributed by atoms with Crippen LogP contribution in [0, 0.1) is 5.92 Å². The van der Waals surface area contributed by atoms with Gasteiger partial charge in [0.2, 0.25) is 0 Å². The minimum atomic E-state index is -1.51. The highest BCUT2D eigenvalue weighted by Gasteiger charge is 2.30. The van der Waals surface area contributed by atoms with Crippen LogP contribution in [0.5, 0.6) is 5.75 Å². The van der Waals surface area contributed by atoms with E-state index in [1.807, 2.05) is 10.6 Å². The second-order valence-electron chi connectivity index (χ2n) is 5.41. The highest BCUT2D eigenvalue weighted by Crippen LogP contribution is 2.21. The molecular weight excluding hydrogens is 290 g/mol. The molecule has 0 saturated carbocycles. The minimum absolute atomic E-state index is 0.194. The summed E-state index contributed by atoms with van der Waals surface area (Å²) in [5.74, 6) is 0.825. The normalized spacial score (nSPS) is 15.3. The van der Waals surface area contributed by atoms with E-state index in [0.29, 0.717) is 24.8 Å². The van der Waals surface area contributed by atoms with E-state index < -0.39 is 12.4 Å². The maximum atomic E-state index is 10.7. The van der Waals surface area contributed by atoms with Gasteiger partial charge in [0.1, 0.15) is 18.0 Å². The Morgan fingerprint density at radius 3 is 2.82 bits per heavy atom. The molecule has 0 aromatic carbocycles. The van der Waals surface area contributed by atoms with Gasteiger partial charge < -0.3 is 29.4 Å². The van der Waals surface area contributed by atoms with Crippen LogP contribution in [0.15, 0.2) is 24.5 Å². The van der Waals surface area contributed by atoms with Crippen molar-refractivity contribution in [3.05, 3.63) is 30.2 Å². The first kappa shape index (κ1) is 14.6. The number of aliphatic hydroxyl groups is 2. The number of amides is 1. The molecular formula is C14H17N3O5. The van der Waals surface area contributed by atoms with Crippen molar-refractivity contribution < 1.29 is 24.9 Å². The first-order chi connectivity index (χ1) is 10.5. The van der Waals surface area contributed by atoms with E-state index in [-0.39, 0.29) is 6.61 Å². The van der Waals surface area contributed by atoms with Crippen molar-refractivity contribution in [3.8, 4) is 5.75 Å². The Hall–Kier alpha value is -2.32. The van der Waals surface area contributed by atoms with Crippen molar-refractivity contribution in [1.82, 2.24) is 14.3 Å². The van der Waals surface area contributed by atoms with Gasteiger partial charge in [-0.25, -0.2) is 9.78 Å². The molecule has 3 heterocycles. The number of imidazole rings is 1. The van der Waals surface area contributed by atoms with Crippen LogP contribution >= 0.6 is 0 Å². The smallest absolute Gasteiger partial charge is 0.407 e. The number of carboxylic acid groups (broad SMARTS) is 1. The molecule has 3 N–H and O–H groups in total. The molecule has 8 nitrogen and oxygen atoms in total. The third kappa shape index (κ3) is 3.12. The number of aliphatic hydroxyl groups excluding tert-OH is 1. The highest BCUT2D eigenvalue weighted by molar-refractivity contribution is 5.66. The van der Waals surface area contributed by atoms with Crippen molar-refractivity contribution in [2.45, 2.75) is 12.7 Å². The fourth-order valence-corrected chi connectivity index (χ4v) is 2.53. The highest BCUT2D eigenvalue weighted by atomic mass is 16.5. The van der Waals surface area contributed by atoms with Gasteiger partial charge in [-0.1, -0.05) is 0 Å². The SMILES string of the molecule is O=C(O)N1CC(Cc2cn3cc(OCC(O)O)ccc3n2)C1. The summed E-state index contributed by atoms with van der Waals surface area (Å²) in [6.45, 7) is 0.901. The quantitative estimate of drug-likeness (QED) is 0.680. The average molecular weight is 307 g/mol. The Morgan fingerprint density at radius 2 is 2.14 bits per heavy atom. The van der Waals surface area contributed by atoms with Crippen LogP contribution in [-0.2, 0) is 6.42 Å². The molecule has 1 aliphatic rings. The number of ether oxygens (including phenoxy) is 1. The van der Waals surface area contributed by atoms with Crippen LogP contribution < -0.4 is 4.74 Å². The number of pyridine rings is 1. The molecule has 0 radical (unpaired) electrons. The lowest BCUT2D eigenvalue weighted by Gasteiger charge is -2.36. The second kappa shape index (κ2) is 5.82. The molecule has 0 atom stereocenters. The summed E-state index contributed by atoms with van der Waals surface area (Å²) in [6.07, 6.45) is 1.94. The number of nitrogens with zero attached hydrogens (tertiary/aromatic N) is 3. The fraction of sp³-hybridized carbons (Fsp3) is 0.429. The first-order valence-electron chi connectivity index (χ1n) is 6.95. The van der Waals surface area contributed by atoms with E-state index in [4.69, 9.17) is 20.1 Å². The number of rotatable bonds is 5.